The van der Waals surface area contributed by atoms with Gasteiger partial charge in [0.05, 0.1) is 16.2 Å². The molecule has 2 aromatic carbocycles. The lowest BCUT2D eigenvalue weighted by Gasteiger charge is -2.10. The summed E-state index contributed by atoms with van der Waals surface area (Å²) in [4.78, 5) is 33.8. The second-order valence-electron chi connectivity index (χ2n) is 4.46. The molecule has 0 heterocycles. The number of nitro groups is 1. The van der Waals surface area contributed by atoms with Crippen molar-refractivity contribution in [2.45, 2.75) is 6.92 Å². The van der Waals surface area contributed by atoms with Crippen LogP contribution in [0.15, 0.2) is 48.5 Å². The van der Waals surface area contributed by atoms with Gasteiger partial charge in [0, 0.05) is 13.0 Å². The van der Waals surface area contributed by atoms with E-state index in [1.807, 2.05) is 0 Å². The molecule has 2 aromatic rings. The molecule has 112 valence electrons. The highest BCUT2D eigenvalue weighted by molar-refractivity contribution is 6.10. The normalized spacial score (nSPS) is 9.86. The van der Waals surface area contributed by atoms with Gasteiger partial charge in [0.1, 0.15) is 5.69 Å². The molecule has 0 aliphatic rings. The average Bonchev–Trinajstić information content (AvgIpc) is 2.47. The van der Waals surface area contributed by atoms with Crippen molar-refractivity contribution in [2.75, 3.05) is 10.6 Å². The third-order valence-electron chi connectivity index (χ3n) is 2.83. The number of hydrogen-bond donors (Lipinski definition) is 2. The van der Waals surface area contributed by atoms with E-state index in [1.54, 1.807) is 24.3 Å². The summed E-state index contributed by atoms with van der Waals surface area (Å²) in [7, 11) is 0. The first-order valence-corrected chi connectivity index (χ1v) is 6.40. The maximum atomic E-state index is 12.3. The van der Waals surface area contributed by atoms with Crippen LogP contribution >= 0.6 is 0 Å². The minimum absolute atomic E-state index is 0.0927. The Morgan fingerprint density at radius 1 is 0.955 bits per heavy atom. The van der Waals surface area contributed by atoms with Crippen molar-refractivity contribution in [3.63, 3.8) is 0 Å². The number of amides is 2. The monoisotopic (exact) mass is 299 g/mol. The minimum atomic E-state index is -0.574. The van der Waals surface area contributed by atoms with E-state index < -0.39 is 10.8 Å². The molecule has 0 spiro atoms. The van der Waals surface area contributed by atoms with Crippen molar-refractivity contribution in [1.29, 1.82) is 0 Å². The van der Waals surface area contributed by atoms with Crippen molar-refractivity contribution in [1.82, 2.24) is 0 Å². The Morgan fingerprint density at radius 3 is 2.18 bits per heavy atom. The first kappa shape index (κ1) is 15.2. The van der Waals surface area contributed by atoms with Gasteiger partial charge in [-0.3, -0.25) is 19.7 Å². The van der Waals surface area contributed by atoms with Gasteiger partial charge in [-0.05, 0) is 18.2 Å². The van der Waals surface area contributed by atoms with Crippen LogP contribution in [0, 0.1) is 10.1 Å². The second kappa shape index (κ2) is 6.49. The summed E-state index contributed by atoms with van der Waals surface area (Å²) in [5.41, 5.74) is 0.449. The Labute approximate surface area is 126 Å². The topological polar surface area (TPSA) is 101 Å². The molecule has 0 aromatic heterocycles. The Morgan fingerprint density at radius 2 is 1.55 bits per heavy atom. The molecule has 0 fully saturated rings. The van der Waals surface area contributed by atoms with Gasteiger partial charge in [-0.25, -0.2) is 0 Å². The number of nitrogens with one attached hydrogen (secondary N) is 2. The summed E-state index contributed by atoms with van der Waals surface area (Å²) < 4.78 is 0. The summed E-state index contributed by atoms with van der Waals surface area (Å²) in [6.07, 6.45) is 0. The molecule has 7 heteroatoms. The van der Waals surface area contributed by atoms with Crippen LogP contribution in [0.5, 0.6) is 0 Å². The first-order chi connectivity index (χ1) is 10.5. The fourth-order valence-electron chi connectivity index (χ4n) is 1.91. The quantitative estimate of drug-likeness (QED) is 0.669. The molecule has 2 N–H and O–H groups in total. The number of rotatable bonds is 4. The predicted octanol–water partition coefficient (Wildman–Crippen LogP) is 2.81. The molecule has 0 aliphatic heterocycles. The highest BCUT2D eigenvalue weighted by Gasteiger charge is 2.17. The molecule has 2 amide bonds. The zero-order valence-corrected chi connectivity index (χ0v) is 11.7. The van der Waals surface area contributed by atoms with Gasteiger partial charge in [-0.15, -0.1) is 0 Å². The van der Waals surface area contributed by atoms with Crippen molar-refractivity contribution >= 4 is 28.9 Å². The lowest BCUT2D eigenvalue weighted by Crippen LogP contribution is -2.17. The van der Waals surface area contributed by atoms with Crippen LogP contribution in [0.25, 0.3) is 0 Å². The minimum Gasteiger partial charge on any atom is -0.326 e. The summed E-state index contributed by atoms with van der Waals surface area (Å²) in [6.45, 7) is 1.33. The zero-order chi connectivity index (χ0) is 16.1. The molecule has 0 saturated heterocycles. The van der Waals surface area contributed by atoms with E-state index in [0.717, 1.165) is 0 Å². The molecule has 0 unspecified atom stereocenters. The number of benzene rings is 2. The SMILES string of the molecule is CC(=O)Nc1ccccc1C(=O)Nc1ccccc1[N+](=O)[O-]. The number of carbonyl (C=O) groups excluding carboxylic acids is 2. The lowest BCUT2D eigenvalue weighted by atomic mass is 10.1. The molecular formula is C15H13N3O4. The number of nitro benzene ring substituents is 1. The van der Waals surface area contributed by atoms with Crippen LogP contribution in [0.3, 0.4) is 0 Å². The third-order valence-corrected chi connectivity index (χ3v) is 2.83. The van der Waals surface area contributed by atoms with Gasteiger partial charge in [-0.1, -0.05) is 24.3 Å². The number of hydrogen-bond acceptors (Lipinski definition) is 4. The molecule has 0 radical (unpaired) electrons. The second-order valence-corrected chi connectivity index (χ2v) is 4.46. The Bertz CT molecular complexity index is 743. The van der Waals surface area contributed by atoms with Crippen LogP contribution < -0.4 is 10.6 Å². The van der Waals surface area contributed by atoms with E-state index in [4.69, 9.17) is 0 Å². The number of para-hydroxylation sites is 3. The number of carbonyl (C=O) groups is 2. The molecule has 0 aliphatic carbocycles. The molecule has 0 atom stereocenters. The average molecular weight is 299 g/mol. The van der Waals surface area contributed by atoms with E-state index in [-0.39, 0.29) is 22.8 Å². The van der Waals surface area contributed by atoms with Gasteiger partial charge in [0.25, 0.3) is 11.6 Å². The summed E-state index contributed by atoms with van der Waals surface area (Å²) in [6, 6.07) is 12.3. The molecule has 2 rings (SSSR count). The van der Waals surface area contributed by atoms with E-state index in [9.17, 15) is 19.7 Å². The maximum Gasteiger partial charge on any atom is 0.292 e. The van der Waals surface area contributed by atoms with Crippen molar-refractivity contribution in [2.24, 2.45) is 0 Å². The molecule has 7 nitrogen and oxygen atoms in total. The van der Waals surface area contributed by atoms with Crippen molar-refractivity contribution < 1.29 is 14.5 Å². The van der Waals surface area contributed by atoms with E-state index >= 15 is 0 Å². The van der Waals surface area contributed by atoms with Gasteiger partial charge < -0.3 is 10.6 Å². The van der Waals surface area contributed by atoms with E-state index in [0.29, 0.717) is 5.69 Å². The predicted molar refractivity (Wildman–Crippen MR) is 81.8 cm³/mol. The fraction of sp³-hybridized carbons (Fsp3) is 0.0667. The number of nitrogens with zero attached hydrogens (tertiary/aromatic N) is 1. The molecule has 22 heavy (non-hydrogen) atoms. The highest BCUT2D eigenvalue weighted by atomic mass is 16.6. The smallest absolute Gasteiger partial charge is 0.292 e. The standard InChI is InChI=1S/C15H13N3O4/c1-10(19)16-12-7-3-2-6-11(12)15(20)17-13-8-4-5-9-14(13)18(21)22/h2-9H,1H3,(H,16,19)(H,17,20). The Hall–Kier alpha value is -3.22. The molecule has 0 saturated carbocycles. The number of anilines is 2. The van der Waals surface area contributed by atoms with Gasteiger partial charge in [0.2, 0.25) is 5.91 Å². The first-order valence-electron chi connectivity index (χ1n) is 6.40. The maximum absolute atomic E-state index is 12.3. The van der Waals surface area contributed by atoms with Crippen LogP contribution in [-0.2, 0) is 4.79 Å². The van der Waals surface area contributed by atoms with E-state index in [1.165, 1.54) is 31.2 Å². The van der Waals surface area contributed by atoms with Crippen LogP contribution in [0.4, 0.5) is 17.1 Å². The van der Waals surface area contributed by atoms with Crippen molar-refractivity contribution in [3.05, 3.63) is 64.2 Å². The third kappa shape index (κ3) is 3.45. The van der Waals surface area contributed by atoms with Crippen molar-refractivity contribution in [3.8, 4) is 0 Å². The van der Waals surface area contributed by atoms with Gasteiger partial charge in [0.15, 0.2) is 0 Å². The van der Waals surface area contributed by atoms with Crippen LogP contribution in [0.2, 0.25) is 0 Å². The largest absolute Gasteiger partial charge is 0.326 e. The van der Waals surface area contributed by atoms with Gasteiger partial charge in [-0.2, -0.15) is 0 Å². The van der Waals surface area contributed by atoms with Crippen LogP contribution in [0.1, 0.15) is 17.3 Å². The summed E-state index contributed by atoms with van der Waals surface area (Å²) >= 11 is 0. The summed E-state index contributed by atoms with van der Waals surface area (Å²) in [5.74, 6) is -0.857. The Balaban J connectivity index is 2.31. The fourth-order valence-corrected chi connectivity index (χ4v) is 1.91. The lowest BCUT2D eigenvalue weighted by molar-refractivity contribution is -0.383. The van der Waals surface area contributed by atoms with Crippen LogP contribution in [-0.4, -0.2) is 16.7 Å². The highest BCUT2D eigenvalue weighted by Crippen LogP contribution is 2.25. The van der Waals surface area contributed by atoms with E-state index in [2.05, 4.69) is 10.6 Å². The van der Waals surface area contributed by atoms with Gasteiger partial charge >= 0.3 is 0 Å². The molecule has 0 bridgehead atoms. The molecular weight excluding hydrogens is 286 g/mol. The zero-order valence-electron chi connectivity index (χ0n) is 11.7. The summed E-state index contributed by atoms with van der Waals surface area (Å²) in [5, 5.41) is 16.0. The Kier molecular flexibility index (Phi) is 4.47.